The van der Waals surface area contributed by atoms with Gasteiger partial charge in [0.05, 0.1) is 13.2 Å². The standard InChI is InChI=1S/C18H36N2O/c1-5-17-12-21-11-10-20(17)14-18(13-19-15(2)3)8-6-16(4)7-9-18/h15-17,19H,5-14H2,1-4H3. The summed E-state index contributed by atoms with van der Waals surface area (Å²) in [6.45, 7) is 14.7. The summed E-state index contributed by atoms with van der Waals surface area (Å²) in [6, 6.07) is 1.22. The zero-order valence-corrected chi connectivity index (χ0v) is 14.7. The highest BCUT2D eigenvalue weighted by molar-refractivity contribution is 4.91. The molecule has 2 rings (SSSR count). The maximum Gasteiger partial charge on any atom is 0.0622 e. The van der Waals surface area contributed by atoms with Crippen molar-refractivity contribution in [1.82, 2.24) is 10.2 Å². The number of morpholine rings is 1. The Labute approximate surface area is 131 Å². The summed E-state index contributed by atoms with van der Waals surface area (Å²) in [5.41, 5.74) is 0.488. The number of hydrogen-bond donors (Lipinski definition) is 1. The predicted octanol–water partition coefficient (Wildman–Crippen LogP) is 3.29. The number of nitrogens with zero attached hydrogens (tertiary/aromatic N) is 1. The van der Waals surface area contributed by atoms with E-state index in [-0.39, 0.29) is 0 Å². The third-order valence-electron chi connectivity index (χ3n) is 5.58. The second kappa shape index (κ2) is 7.94. The average Bonchev–Trinajstić information content (AvgIpc) is 2.49. The molecule has 0 bridgehead atoms. The molecule has 2 fully saturated rings. The van der Waals surface area contributed by atoms with E-state index in [0.717, 1.165) is 25.7 Å². The normalized spacial score (nSPS) is 35.3. The topological polar surface area (TPSA) is 24.5 Å². The fourth-order valence-electron chi connectivity index (χ4n) is 3.89. The highest BCUT2D eigenvalue weighted by atomic mass is 16.5. The molecule has 1 atom stereocenters. The van der Waals surface area contributed by atoms with E-state index in [1.165, 1.54) is 45.2 Å². The molecule has 0 spiro atoms. The zero-order valence-electron chi connectivity index (χ0n) is 14.7. The summed E-state index contributed by atoms with van der Waals surface area (Å²) < 4.78 is 5.68. The van der Waals surface area contributed by atoms with Crippen molar-refractivity contribution in [3.8, 4) is 0 Å². The molecule has 21 heavy (non-hydrogen) atoms. The lowest BCUT2D eigenvalue weighted by atomic mass is 9.70. The maximum absolute atomic E-state index is 5.68. The highest BCUT2D eigenvalue weighted by Gasteiger charge is 2.37. The lowest BCUT2D eigenvalue weighted by Gasteiger charge is -2.46. The van der Waals surface area contributed by atoms with Crippen LogP contribution in [0.1, 0.15) is 59.8 Å². The third kappa shape index (κ3) is 4.94. The van der Waals surface area contributed by atoms with Crippen molar-refractivity contribution in [2.45, 2.75) is 71.9 Å². The van der Waals surface area contributed by atoms with Gasteiger partial charge >= 0.3 is 0 Å². The van der Waals surface area contributed by atoms with Crippen molar-refractivity contribution >= 4 is 0 Å². The van der Waals surface area contributed by atoms with Crippen molar-refractivity contribution in [2.24, 2.45) is 11.3 Å². The lowest BCUT2D eigenvalue weighted by Crippen LogP contribution is -2.53. The van der Waals surface area contributed by atoms with E-state index >= 15 is 0 Å². The maximum atomic E-state index is 5.68. The van der Waals surface area contributed by atoms with Gasteiger partial charge in [-0.05, 0) is 30.6 Å². The van der Waals surface area contributed by atoms with Crippen molar-refractivity contribution in [1.29, 1.82) is 0 Å². The average molecular weight is 296 g/mol. The van der Waals surface area contributed by atoms with Crippen LogP contribution in [-0.4, -0.2) is 49.8 Å². The van der Waals surface area contributed by atoms with Crippen molar-refractivity contribution < 1.29 is 4.74 Å². The van der Waals surface area contributed by atoms with E-state index in [4.69, 9.17) is 4.74 Å². The fourth-order valence-corrected chi connectivity index (χ4v) is 3.89. The summed E-state index contributed by atoms with van der Waals surface area (Å²) in [5.74, 6) is 0.920. The van der Waals surface area contributed by atoms with Gasteiger partial charge < -0.3 is 10.1 Å². The Morgan fingerprint density at radius 3 is 2.62 bits per heavy atom. The minimum atomic E-state index is 0.488. The molecule has 1 saturated carbocycles. The van der Waals surface area contributed by atoms with Gasteiger partial charge in [0, 0.05) is 31.7 Å². The van der Waals surface area contributed by atoms with Crippen LogP contribution in [0.3, 0.4) is 0 Å². The zero-order chi connectivity index (χ0) is 15.3. The second-order valence-corrected chi connectivity index (χ2v) is 7.83. The van der Waals surface area contributed by atoms with Gasteiger partial charge in [-0.15, -0.1) is 0 Å². The molecule has 0 aromatic rings. The summed E-state index contributed by atoms with van der Waals surface area (Å²) in [6.07, 6.45) is 6.80. The highest BCUT2D eigenvalue weighted by Crippen LogP contribution is 2.40. The van der Waals surface area contributed by atoms with Gasteiger partial charge in [-0.25, -0.2) is 0 Å². The van der Waals surface area contributed by atoms with Crippen LogP contribution in [0.15, 0.2) is 0 Å². The predicted molar refractivity (Wildman–Crippen MR) is 89.7 cm³/mol. The Bertz CT molecular complexity index is 298. The second-order valence-electron chi connectivity index (χ2n) is 7.83. The van der Waals surface area contributed by atoms with Crippen LogP contribution < -0.4 is 5.32 Å². The van der Waals surface area contributed by atoms with E-state index < -0.39 is 0 Å². The van der Waals surface area contributed by atoms with Crippen molar-refractivity contribution in [2.75, 3.05) is 32.8 Å². The first-order valence-corrected chi connectivity index (χ1v) is 9.10. The summed E-state index contributed by atoms with van der Waals surface area (Å²) in [5, 5.41) is 3.74. The van der Waals surface area contributed by atoms with Gasteiger partial charge in [0.2, 0.25) is 0 Å². The SMILES string of the molecule is CCC1COCCN1CC1(CNC(C)C)CCC(C)CC1. The van der Waals surface area contributed by atoms with Crippen LogP contribution >= 0.6 is 0 Å². The van der Waals surface area contributed by atoms with E-state index in [1.807, 2.05) is 0 Å². The molecular weight excluding hydrogens is 260 g/mol. The van der Waals surface area contributed by atoms with Gasteiger partial charge in [0.1, 0.15) is 0 Å². The first kappa shape index (κ1) is 17.2. The molecular formula is C18H36N2O. The molecule has 0 radical (unpaired) electrons. The van der Waals surface area contributed by atoms with Crippen LogP contribution in [-0.2, 0) is 4.74 Å². The first-order chi connectivity index (χ1) is 10.0. The summed E-state index contributed by atoms with van der Waals surface area (Å²) >= 11 is 0. The summed E-state index contributed by atoms with van der Waals surface area (Å²) in [7, 11) is 0. The molecule has 1 aliphatic carbocycles. The van der Waals surface area contributed by atoms with Gasteiger partial charge in [-0.1, -0.05) is 40.5 Å². The Morgan fingerprint density at radius 2 is 2.00 bits per heavy atom. The Kier molecular flexibility index (Phi) is 6.51. The Morgan fingerprint density at radius 1 is 1.29 bits per heavy atom. The van der Waals surface area contributed by atoms with E-state index in [1.54, 1.807) is 0 Å². The molecule has 0 aromatic heterocycles. The third-order valence-corrected chi connectivity index (χ3v) is 5.58. The van der Waals surface area contributed by atoms with Crippen LogP contribution in [0.4, 0.5) is 0 Å². The van der Waals surface area contributed by atoms with Crippen LogP contribution in [0, 0.1) is 11.3 Å². The minimum Gasteiger partial charge on any atom is -0.378 e. The van der Waals surface area contributed by atoms with E-state index in [9.17, 15) is 0 Å². The van der Waals surface area contributed by atoms with E-state index in [0.29, 0.717) is 17.5 Å². The molecule has 2 aliphatic rings. The minimum absolute atomic E-state index is 0.488. The van der Waals surface area contributed by atoms with Gasteiger partial charge in [-0.2, -0.15) is 0 Å². The summed E-state index contributed by atoms with van der Waals surface area (Å²) in [4.78, 5) is 2.72. The fraction of sp³-hybridized carbons (Fsp3) is 1.00. The van der Waals surface area contributed by atoms with E-state index in [2.05, 4.69) is 37.9 Å². The molecule has 1 saturated heterocycles. The molecule has 124 valence electrons. The van der Waals surface area contributed by atoms with Crippen molar-refractivity contribution in [3.63, 3.8) is 0 Å². The van der Waals surface area contributed by atoms with Crippen LogP contribution in [0.5, 0.6) is 0 Å². The number of nitrogens with one attached hydrogen (secondary N) is 1. The largest absolute Gasteiger partial charge is 0.378 e. The molecule has 1 N–H and O–H groups in total. The number of ether oxygens (including phenoxy) is 1. The molecule has 3 nitrogen and oxygen atoms in total. The van der Waals surface area contributed by atoms with Gasteiger partial charge in [0.25, 0.3) is 0 Å². The number of rotatable bonds is 6. The van der Waals surface area contributed by atoms with Crippen LogP contribution in [0.2, 0.25) is 0 Å². The van der Waals surface area contributed by atoms with Crippen molar-refractivity contribution in [3.05, 3.63) is 0 Å². The molecule has 0 amide bonds. The molecule has 1 unspecified atom stereocenters. The van der Waals surface area contributed by atoms with Crippen LogP contribution in [0.25, 0.3) is 0 Å². The molecule has 1 heterocycles. The molecule has 3 heteroatoms. The van der Waals surface area contributed by atoms with Gasteiger partial charge in [-0.3, -0.25) is 4.90 Å². The smallest absolute Gasteiger partial charge is 0.0622 e. The first-order valence-electron chi connectivity index (χ1n) is 9.10. The Hall–Kier alpha value is -0.120. The monoisotopic (exact) mass is 296 g/mol. The molecule has 1 aliphatic heterocycles. The number of hydrogen-bond acceptors (Lipinski definition) is 3. The van der Waals surface area contributed by atoms with Gasteiger partial charge in [0.15, 0.2) is 0 Å². The lowest BCUT2D eigenvalue weighted by molar-refractivity contribution is -0.0366. The Balaban J connectivity index is 2.00. The molecule has 0 aromatic carbocycles. The quantitative estimate of drug-likeness (QED) is 0.814.